The van der Waals surface area contributed by atoms with Crippen LogP contribution in [0.1, 0.15) is 113 Å². The Kier molecular flexibility index (Phi) is 7.42. The third-order valence-electron chi connectivity index (χ3n) is 15.4. The average molecular weight is 643 g/mol. The highest BCUT2D eigenvalue weighted by molar-refractivity contribution is 5.68. The van der Waals surface area contributed by atoms with Gasteiger partial charge in [0.05, 0.1) is 12.7 Å². The summed E-state index contributed by atoms with van der Waals surface area (Å²) in [7, 11) is 0. The van der Waals surface area contributed by atoms with E-state index in [1.165, 1.54) is 57.8 Å². The van der Waals surface area contributed by atoms with Crippen LogP contribution in [0.15, 0.2) is 30.6 Å². The Bertz CT molecular complexity index is 1200. The fourth-order valence-corrected chi connectivity index (χ4v) is 13.0. The molecule has 0 aromatic carbocycles. The third kappa shape index (κ3) is 4.13. The molecule has 0 amide bonds. The van der Waals surface area contributed by atoms with Crippen molar-refractivity contribution in [2.45, 2.75) is 131 Å². The zero-order valence-electron chi connectivity index (χ0n) is 27.4. The van der Waals surface area contributed by atoms with Gasteiger partial charge in [-0.3, -0.25) is 0 Å². The highest BCUT2D eigenvalue weighted by atomic mass is 79.9. The van der Waals surface area contributed by atoms with Crippen molar-refractivity contribution in [2.75, 3.05) is 6.61 Å². The number of ether oxygens (including phenoxy) is 2. The molecule has 1 aliphatic heterocycles. The van der Waals surface area contributed by atoms with Crippen molar-refractivity contribution < 1.29 is 35.8 Å². The lowest BCUT2D eigenvalue weighted by molar-refractivity contribution is -0.686. The molecule has 5 saturated carbocycles. The van der Waals surface area contributed by atoms with Gasteiger partial charge in [-0.1, -0.05) is 54.5 Å². The Balaban J connectivity index is 0.00000316. The molecular formula is C37H56BrNO3. The van der Waals surface area contributed by atoms with Gasteiger partial charge in [-0.05, 0) is 115 Å². The predicted octanol–water partition coefficient (Wildman–Crippen LogP) is 4.78. The summed E-state index contributed by atoms with van der Waals surface area (Å²) in [6.45, 7) is 19.3. The molecule has 6 fully saturated rings. The topological polar surface area (TPSA) is 39.4 Å². The number of nitrogens with zero attached hydrogens (tertiary/aromatic N) is 1. The van der Waals surface area contributed by atoms with E-state index in [1.807, 2.05) is 35.2 Å². The zero-order valence-corrected chi connectivity index (χ0v) is 29.0. The summed E-state index contributed by atoms with van der Waals surface area (Å²) in [5, 5.41) is 0. The van der Waals surface area contributed by atoms with Gasteiger partial charge in [0.1, 0.15) is 6.10 Å². The molecule has 7 rings (SSSR count). The number of esters is 1. The molecular weight excluding hydrogens is 586 g/mol. The van der Waals surface area contributed by atoms with Crippen LogP contribution < -0.4 is 21.5 Å². The van der Waals surface area contributed by atoms with Gasteiger partial charge in [0.2, 0.25) is 6.54 Å². The molecule has 10 atom stereocenters. The van der Waals surface area contributed by atoms with Gasteiger partial charge in [0.15, 0.2) is 12.4 Å². The van der Waals surface area contributed by atoms with Gasteiger partial charge in [0.25, 0.3) is 0 Å². The number of carbonyl (C=O) groups is 1. The molecule has 4 nitrogen and oxygen atoms in total. The Morgan fingerprint density at radius 3 is 2.26 bits per heavy atom. The first-order chi connectivity index (χ1) is 19.3. The van der Waals surface area contributed by atoms with Crippen LogP contribution in [-0.4, -0.2) is 24.8 Å². The quantitative estimate of drug-likeness (QED) is 0.352. The van der Waals surface area contributed by atoms with E-state index in [2.05, 4.69) is 48.5 Å². The van der Waals surface area contributed by atoms with Crippen LogP contribution in [0, 0.1) is 56.2 Å². The van der Waals surface area contributed by atoms with E-state index in [4.69, 9.17) is 9.47 Å². The number of fused-ring (bicyclic) bond motifs is 5. The molecule has 234 valence electrons. The van der Waals surface area contributed by atoms with Gasteiger partial charge >= 0.3 is 5.97 Å². The predicted molar refractivity (Wildman–Crippen MR) is 161 cm³/mol. The smallest absolute Gasteiger partial charge is 0.372 e. The number of rotatable bonds is 3. The average Bonchev–Trinajstić information content (AvgIpc) is 3.25. The molecule has 5 aliphatic carbocycles. The lowest BCUT2D eigenvalue weighted by Crippen LogP contribution is -3.00. The fourth-order valence-electron chi connectivity index (χ4n) is 13.0. The Hall–Kier alpha value is -0.940. The van der Waals surface area contributed by atoms with E-state index >= 15 is 0 Å². The summed E-state index contributed by atoms with van der Waals surface area (Å²) >= 11 is 0. The van der Waals surface area contributed by atoms with Crippen molar-refractivity contribution in [3.63, 3.8) is 0 Å². The Labute approximate surface area is 265 Å². The maximum absolute atomic E-state index is 13.1. The molecule has 0 radical (unpaired) electrons. The van der Waals surface area contributed by atoms with Crippen LogP contribution in [0.2, 0.25) is 0 Å². The fraction of sp³-hybridized carbons (Fsp3) is 0.838. The van der Waals surface area contributed by atoms with E-state index in [1.54, 1.807) is 0 Å². The van der Waals surface area contributed by atoms with E-state index < -0.39 is 0 Å². The summed E-state index contributed by atoms with van der Waals surface area (Å²) in [6, 6.07) is 5.92. The zero-order chi connectivity index (χ0) is 29.1. The Morgan fingerprint density at radius 1 is 0.810 bits per heavy atom. The van der Waals surface area contributed by atoms with Gasteiger partial charge in [-0.15, -0.1) is 0 Å². The van der Waals surface area contributed by atoms with Crippen molar-refractivity contribution >= 4 is 5.97 Å². The Morgan fingerprint density at radius 2 is 1.52 bits per heavy atom. The van der Waals surface area contributed by atoms with Crippen molar-refractivity contribution in [2.24, 2.45) is 56.2 Å². The summed E-state index contributed by atoms with van der Waals surface area (Å²) in [5.41, 5.74) is 1.81. The summed E-state index contributed by atoms with van der Waals surface area (Å²) in [4.78, 5) is 13.1. The van der Waals surface area contributed by atoms with E-state index in [-0.39, 0.29) is 34.5 Å². The van der Waals surface area contributed by atoms with Gasteiger partial charge in [-0.2, -0.15) is 4.57 Å². The van der Waals surface area contributed by atoms with E-state index in [0.717, 1.165) is 30.8 Å². The number of halogens is 1. The van der Waals surface area contributed by atoms with Crippen molar-refractivity contribution in [1.82, 2.24) is 0 Å². The van der Waals surface area contributed by atoms with Gasteiger partial charge < -0.3 is 26.5 Å². The highest BCUT2D eigenvalue weighted by Crippen LogP contribution is 2.78. The summed E-state index contributed by atoms with van der Waals surface area (Å²) in [6.07, 6.45) is 17.3. The van der Waals surface area contributed by atoms with Crippen LogP contribution in [0.4, 0.5) is 0 Å². The minimum atomic E-state index is -0.0973. The van der Waals surface area contributed by atoms with Crippen LogP contribution in [-0.2, 0) is 20.8 Å². The number of hydrogen-bond donors (Lipinski definition) is 0. The second-order valence-electron chi connectivity index (χ2n) is 17.7. The summed E-state index contributed by atoms with van der Waals surface area (Å²) < 4.78 is 15.0. The van der Waals surface area contributed by atoms with Crippen LogP contribution >= 0.6 is 0 Å². The lowest BCUT2D eigenvalue weighted by atomic mass is 9.31. The van der Waals surface area contributed by atoms with Crippen LogP contribution in [0.5, 0.6) is 0 Å². The highest BCUT2D eigenvalue weighted by Gasteiger charge is 2.72. The molecule has 42 heavy (non-hydrogen) atoms. The molecule has 0 spiro atoms. The van der Waals surface area contributed by atoms with Crippen LogP contribution in [0.25, 0.3) is 0 Å². The molecule has 5 heteroatoms. The number of aromatic nitrogens is 1. The number of hydrogen-bond acceptors (Lipinski definition) is 3. The third-order valence-corrected chi connectivity index (χ3v) is 15.4. The first-order valence-electron chi connectivity index (χ1n) is 17.0. The maximum atomic E-state index is 13.1. The van der Waals surface area contributed by atoms with E-state index in [9.17, 15) is 4.79 Å². The first-order valence-corrected chi connectivity index (χ1v) is 17.0. The molecule has 1 aromatic heterocycles. The second kappa shape index (κ2) is 10.0. The van der Waals surface area contributed by atoms with Gasteiger partial charge in [0, 0.05) is 17.5 Å². The SMILES string of the molecule is CC1(C)CC[C@]23CC[C@]4(C)C(CCC5[C@@]6(C)CC[C@H](OC(=O)C[n+]7ccccc7)C(C)(C)C6CC[C@]54C)C2[C@H]1OC3.[Br-]. The molecule has 4 unspecified atom stereocenters. The van der Waals surface area contributed by atoms with Crippen molar-refractivity contribution in [1.29, 1.82) is 0 Å². The molecule has 1 saturated heterocycles. The number of pyridine rings is 1. The van der Waals surface area contributed by atoms with Gasteiger partial charge in [-0.25, -0.2) is 4.79 Å². The molecule has 2 heterocycles. The van der Waals surface area contributed by atoms with Crippen LogP contribution in [0.3, 0.4) is 0 Å². The number of carbonyl (C=O) groups excluding carboxylic acids is 1. The minimum absolute atomic E-state index is 0. The second-order valence-corrected chi connectivity index (χ2v) is 17.7. The normalized spacial score (nSPS) is 48.0. The standard InChI is InChI=1S/C37H56NO3.BrH/c1-32(2)17-19-37-20-18-35(6)25(30(37)31(32)40-24-37)11-12-27-34(5)15-14-28(33(3,4)26(34)13-16-36(27,35)7)41-29(39)23-38-21-9-8-10-22-38;/h8-10,21-22,25-28,30-31H,11-20,23-24H2,1-7H3;1H/q+1;/p-1/t25?,26?,27?,28-,30?,31+,34-,35+,36+,37+;/m0./s1. The molecule has 2 bridgehead atoms. The molecule has 1 aromatic rings. The first kappa shape index (κ1) is 31.1. The lowest BCUT2D eigenvalue weighted by Gasteiger charge is -2.73. The molecule has 6 aliphatic rings. The maximum Gasteiger partial charge on any atom is 0.372 e. The van der Waals surface area contributed by atoms with E-state index in [0.29, 0.717) is 45.6 Å². The minimum Gasteiger partial charge on any atom is -1.00 e. The summed E-state index contributed by atoms with van der Waals surface area (Å²) in [5.74, 6) is 2.79. The largest absolute Gasteiger partial charge is 1.00 e. The van der Waals surface area contributed by atoms with Crippen molar-refractivity contribution in [3.8, 4) is 0 Å². The van der Waals surface area contributed by atoms with Crippen molar-refractivity contribution in [3.05, 3.63) is 30.6 Å². The monoisotopic (exact) mass is 641 g/mol. The molecule has 0 N–H and O–H groups in total.